The molecule has 0 aliphatic carbocycles. The molecule has 2 rings (SSSR count). The quantitative estimate of drug-likeness (QED) is 0.915. The van der Waals surface area contributed by atoms with E-state index in [-0.39, 0.29) is 11.1 Å². The molecule has 4 heteroatoms. The lowest BCUT2D eigenvalue weighted by Crippen LogP contribution is -2.13. The number of rotatable bonds is 3. The normalized spacial score (nSPS) is 12.7. The topological polar surface area (TPSA) is 39.2 Å². The van der Waals surface area contributed by atoms with Gasteiger partial charge in [-0.25, -0.2) is 4.39 Å². The summed E-state index contributed by atoms with van der Waals surface area (Å²) in [6, 6.07) is 6.47. The molecule has 1 aromatic heterocycles. The van der Waals surface area contributed by atoms with Crippen LogP contribution in [0.3, 0.4) is 0 Å². The van der Waals surface area contributed by atoms with Crippen LogP contribution < -0.4 is 5.73 Å². The van der Waals surface area contributed by atoms with Gasteiger partial charge in [-0.2, -0.15) is 0 Å². The van der Waals surface area contributed by atoms with E-state index < -0.39 is 5.82 Å². The second-order valence-corrected chi connectivity index (χ2v) is 4.83. The van der Waals surface area contributed by atoms with Crippen LogP contribution in [0.25, 0.3) is 0 Å². The monoisotopic (exact) mass is 267 g/mol. The van der Waals surface area contributed by atoms with Gasteiger partial charge in [-0.15, -0.1) is 0 Å². The molecule has 0 radical (unpaired) electrons. The predicted octanol–water partition coefficient (Wildman–Crippen LogP) is 3.93. The highest BCUT2D eigenvalue weighted by molar-refractivity contribution is 6.30. The van der Waals surface area contributed by atoms with E-state index in [1.807, 2.05) is 19.9 Å². The minimum Gasteiger partial charge on any atom is -0.466 e. The maximum Gasteiger partial charge on any atom is 0.142 e. The number of furan rings is 1. The molecule has 0 saturated carbocycles. The largest absolute Gasteiger partial charge is 0.466 e. The summed E-state index contributed by atoms with van der Waals surface area (Å²) in [5.74, 6) is 1.23. The number of aryl methyl sites for hydroxylation is 2. The van der Waals surface area contributed by atoms with Crippen LogP contribution in [-0.2, 0) is 6.42 Å². The lowest BCUT2D eigenvalue weighted by molar-refractivity contribution is 0.497. The molecular formula is C14H15ClFNO. The molecule has 0 saturated heterocycles. The lowest BCUT2D eigenvalue weighted by atomic mass is 10.00. The molecule has 2 nitrogen and oxygen atoms in total. The molecule has 0 fully saturated rings. The molecule has 1 unspecified atom stereocenters. The Morgan fingerprint density at radius 2 is 2.06 bits per heavy atom. The van der Waals surface area contributed by atoms with Crippen molar-refractivity contribution in [1.29, 1.82) is 0 Å². The first kappa shape index (κ1) is 13.1. The molecule has 1 atom stereocenters. The van der Waals surface area contributed by atoms with Crippen LogP contribution in [0.5, 0.6) is 0 Å². The predicted molar refractivity (Wildman–Crippen MR) is 70.2 cm³/mol. The van der Waals surface area contributed by atoms with Crippen molar-refractivity contribution in [2.75, 3.05) is 0 Å². The van der Waals surface area contributed by atoms with Gasteiger partial charge in [0.25, 0.3) is 0 Å². The third kappa shape index (κ3) is 2.74. The van der Waals surface area contributed by atoms with Gasteiger partial charge >= 0.3 is 0 Å². The van der Waals surface area contributed by atoms with E-state index in [4.69, 9.17) is 21.8 Å². The Balaban J connectivity index is 2.18. The SMILES string of the molecule is Cc1cc(C(N)Cc2ccc(Cl)c(F)c2)c(C)o1. The lowest BCUT2D eigenvalue weighted by Gasteiger charge is -2.11. The third-order valence-corrected chi connectivity index (χ3v) is 3.22. The van der Waals surface area contributed by atoms with Crippen molar-refractivity contribution < 1.29 is 8.81 Å². The summed E-state index contributed by atoms with van der Waals surface area (Å²) in [4.78, 5) is 0. The van der Waals surface area contributed by atoms with Crippen molar-refractivity contribution in [1.82, 2.24) is 0 Å². The average Bonchev–Trinajstić information content (AvgIpc) is 2.63. The summed E-state index contributed by atoms with van der Waals surface area (Å²) in [5.41, 5.74) is 7.90. The van der Waals surface area contributed by atoms with Gasteiger partial charge in [0, 0.05) is 11.6 Å². The molecule has 0 amide bonds. The summed E-state index contributed by atoms with van der Waals surface area (Å²) < 4.78 is 18.8. The Labute approximate surface area is 111 Å². The van der Waals surface area contributed by atoms with E-state index in [1.54, 1.807) is 12.1 Å². The minimum atomic E-state index is -0.415. The van der Waals surface area contributed by atoms with Crippen LogP contribution in [0, 0.1) is 19.7 Å². The van der Waals surface area contributed by atoms with Gasteiger partial charge < -0.3 is 10.2 Å². The first-order chi connectivity index (χ1) is 8.47. The molecular weight excluding hydrogens is 253 g/mol. The second kappa shape index (κ2) is 5.12. The summed E-state index contributed by atoms with van der Waals surface area (Å²) in [6.07, 6.45) is 0.550. The smallest absolute Gasteiger partial charge is 0.142 e. The van der Waals surface area contributed by atoms with Gasteiger partial charge in [0.2, 0.25) is 0 Å². The Morgan fingerprint density at radius 3 is 2.61 bits per heavy atom. The zero-order valence-corrected chi connectivity index (χ0v) is 11.1. The maximum atomic E-state index is 13.3. The summed E-state index contributed by atoms with van der Waals surface area (Å²) in [7, 11) is 0. The fraction of sp³-hybridized carbons (Fsp3) is 0.286. The van der Waals surface area contributed by atoms with Gasteiger partial charge in [0.05, 0.1) is 5.02 Å². The zero-order chi connectivity index (χ0) is 13.3. The highest BCUT2D eigenvalue weighted by Crippen LogP contribution is 2.24. The van der Waals surface area contributed by atoms with Gasteiger partial charge in [-0.1, -0.05) is 17.7 Å². The van der Waals surface area contributed by atoms with Crippen molar-refractivity contribution in [3.05, 3.63) is 57.8 Å². The molecule has 0 aliphatic heterocycles. The standard InChI is InChI=1S/C14H15ClFNO/c1-8-5-11(9(2)18-8)14(17)7-10-3-4-12(15)13(16)6-10/h3-6,14H,7,17H2,1-2H3. The van der Waals surface area contributed by atoms with Crippen molar-refractivity contribution in [3.8, 4) is 0 Å². The zero-order valence-electron chi connectivity index (χ0n) is 10.3. The van der Waals surface area contributed by atoms with Crippen molar-refractivity contribution in [2.45, 2.75) is 26.3 Å². The summed E-state index contributed by atoms with van der Waals surface area (Å²) in [5, 5.41) is 0.127. The second-order valence-electron chi connectivity index (χ2n) is 4.43. The van der Waals surface area contributed by atoms with Gasteiger partial charge in [-0.3, -0.25) is 0 Å². The average molecular weight is 268 g/mol. The minimum absolute atomic E-state index is 0.127. The molecule has 1 aromatic carbocycles. The highest BCUT2D eigenvalue weighted by atomic mass is 35.5. The number of halogens is 2. The van der Waals surface area contributed by atoms with E-state index in [0.717, 1.165) is 22.6 Å². The maximum absolute atomic E-state index is 13.3. The Hall–Kier alpha value is -1.32. The van der Waals surface area contributed by atoms with E-state index in [0.29, 0.717) is 6.42 Å². The summed E-state index contributed by atoms with van der Waals surface area (Å²) >= 11 is 5.64. The molecule has 2 aromatic rings. The first-order valence-electron chi connectivity index (χ1n) is 5.74. The molecule has 0 aliphatic rings. The number of benzene rings is 1. The van der Waals surface area contributed by atoms with Gasteiger partial charge in [0.15, 0.2) is 0 Å². The molecule has 0 bridgehead atoms. The first-order valence-corrected chi connectivity index (χ1v) is 6.11. The summed E-state index contributed by atoms with van der Waals surface area (Å²) in [6.45, 7) is 3.76. The number of hydrogen-bond acceptors (Lipinski definition) is 2. The van der Waals surface area contributed by atoms with E-state index in [2.05, 4.69) is 0 Å². The Kier molecular flexibility index (Phi) is 3.73. The van der Waals surface area contributed by atoms with Gasteiger partial charge in [0.1, 0.15) is 17.3 Å². The third-order valence-electron chi connectivity index (χ3n) is 2.92. The van der Waals surface area contributed by atoms with Crippen LogP contribution in [0.4, 0.5) is 4.39 Å². The van der Waals surface area contributed by atoms with Crippen LogP contribution in [0.2, 0.25) is 5.02 Å². The van der Waals surface area contributed by atoms with Crippen molar-refractivity contribution in [2.24, 2.45) is 5.73 Å². The van der Waals surface area contributed by atoms with Crippen LogP contribution in [-0.4, -0.2) is 0 Å². The van der Waals surface area contributed by atoms with Crippen LogP contribution in [0.1, 0.15) is 28.7 Å². The van der Waals surface area contributed by atoms with E-state index in [9.17, 15) is 4.39 Å². The van der Waals surface area contributed by atoms with Crippen molar-refractivity contribution >= 4 is 11.6 Å². The number of nitrogens with two attached hydrogens (primary N) is 1. The molecule has 18 heavy (non-hydrogen) atoms. The van der Waals surface area contributed by atoms with E-state index >= 15 is 0 Å². The number of hydrogen-bond donors (Lipinski definition) is 1. The van der Waals surface area contributed by atoms with Gasteiger partial charge in [-0.05, 0) is 44.0 Å². The Morgan fingerprint density at radius 1 is 1.33 bits per heavy atom. The van der Waals surface area contributed by atoms with E-state index in [1.165, 1.54) is 6.07 Å². The Bertz CT molecular complexity index is 565. The fourth-order valence-electron chi connectivity index (χ4n) is 2.05. The molecule has 1 heterocycles. The molecule has 96 valence electrons. The molecule has 0 spiro atoms. The fourth-order valence-corrected chi connectivity index (χ4v) is 2.17. The van der Waals surface area contributed by atoms with Crippen molar-refractivity contribution in [3.63, 3.8) is 0 Å². The highest BCUT2D eigenvalue weighted by Gasteiger charge is 2.14. The molecule has 2 N–H and O–H groups in total. The van der Waals surface area contributed by atoms with Crippen LogP contribution >= 0.6 is 11.6 Å². The van der Waals surface area contributed by atoms with Crippen LogP contribution in [0.15, 0.2) is 28.7 Å².